The van der Waals surface area contributed by atoms with Crippen molar-refractivity contribution in [1.29, 1.82) is 0 Å². The highest BCUT2D eigenvalue weighted by atomic mass is 19.1. The zero-order valence-corrected chi connectivity index (χ0v) is 17.9. The van der Waals surface area contributed by atoms with Crippen molar-refractivity contribution in [3.63, 3.8) is 0 Å². The van der Waals surface area contributed by atoms with E-state index in [-0.39, 0.29) is 11.9 Å². The van der Waals surface area contributed by atoms with Crippen LogP contribution in [0.5, 0.6) is 11.5 Å². The van der Waals surface area contributed by atoms with Gasteiger partial charge in [0, 0.05) is 26.2 Å². The van der Waals surface area contributed by atoms with Crippen LogP contribution in [0.15, 0.2) is 72.8 Å². The van der Waals surface area contributed by atoms with Crippen molar-refractivity contribution in [1.82, 2.24) is 10.2 Å². The number of hydrogen-bond acceptors (Lipinski definition) is 4. The van der Waals surface area contributed by atoms with Crippen molar-refractivity contribution < 1.29 is 13.9 Å². The molecule has 3 aromatic rings. The van der Waals surface area contributed by atoms with Gasteiger partial charge in [0.05, 0.1) is 12.6 Å². The first-order valence-corrected chi connectivity index (χ1v) is 10.9. The van der Waals surface area contributed by atoms with Gasteiger partial charge in [-0.3, -0.25) is 4.90 Å². The van der Waals surface area contributed by atoms with E-state index >= 15 is 0 Å². The molecule has 1 unspecified atom stereocenters. The lowest BCUT2D eigenvalue weighted by atomic mass is 9.96. The average molecular weight is 421 g/mol. The lowest BCUT2D eigenvalue weighted by molar-refractivity contribution is 0.197. The first kappa shape index (κ1) is 21.3. The Morgan fingerprint density at radius 2 is 1.58 bits per heavy atom. The van der Waals surface area contributed by atoms with E-state index in [1.807, 2.05) is 55.5 Å². The van der Waals surface area contributed by atoms with Crippen LogP contribution in [-0.4, -0.2) is 37.7 Å². The number of ether oxygens (including phenoxy) is 2. The van der Waals surface area contributed by atoms with Gasteiger partial charge in [-0.1, -0.05) is 48.5 Å². The van der Waals surface area contributed by atoms with Gasteiger partial charge in [0.15, 0.2) is 11.5 Å². The summed E-state index contributed by atoms with van der Waals surface area (Å²) in [6, 6.07) is 23.1. The average Bonchev–Trinajstić information content (AvgIpc) is 2.82. The zero-order valence-electron chi connectivity index (χ0n) is 17.9. The second-order valence-electron chi connectivity index (χ2n) is 7.65. The number of halogens is 1. The van der Waals surface area contributed by atoms with E-state index in [4.69, 9.17) is 9.47 Å². The van der Waals surface area contributed by atoms with E-state index in [1.54, 1.807) is 0 Å². The van der Waals surface area contributed by atoms with E-state index in [9.17, 15) is 4.39 Å². The molecule has 0 aromatic heterocycles. The smallest absolute Gasteiger partial charge is 0.161 e. The molecule has 3 aromatic carbocycles. The van der Waals surface area contributed by atoms with E-state index in [2.05, 4.69) is 22.3 Å². The third-order valence-corrected chi connectivity index (χ3v) is 5.52. The number of hydrogen-bond donors (Lipinski definition) is 1. The SMILES string of the molecule is CCOc1cc(C(c2ccc(F)cc2)N2CCNCC2)ccc1OCc1ccccc1. The van der Waals surface area contributed by atoms with Gasteiger partial charge in [-0.2, -0.15) is 0 Å². The number of nitrogens with zero attached hydrogens (tertiary/aromatic N) is 1. The molecule has 4 nitrogen and oxygen atoms in total. The minimum atomic E-state index is -0.220. The van der Waals surface area contributed by atoms with Crippen LogP contribution in [0.3, 0.4) is 0 Å². The molecule has 0 radical (unpaired) electrons. The molecule has 1 aliphatic rings. The summed E-state index contributed by atoms with van der Waals surface area (Å²) in [5, 5.41) is 3.41. The lowest BCUT2D eigenvalue weighted by Crippen LogP contribution is -2.45. The van der Waals surface area contributed by atoms with Gasteiger partial charge < -0.3 is 14.8 Å². The highest BCUT2D eigenvalue weighted by molar-refractivity contribution is 5.46. The molecule has 1 N–H and O–H groups in total. The maximum absolute atomic E-state index is 13.6. The van der Waals surface area contributed by atoms with Crippen LogP contribution >= 0.6 is 0 Å². The Morgan fingerprint density at radius 3 is 2.29 bits per heavy atom. The number of benzene rings is 3. The summed E-state index contributed by atoms with van der Waals surface area (Å²) >= 11 is 0. The Bertz CT molecular complexity index is 957. The van der Waals surface area contributed by atoms with Crippen LogP contribution in [0.25, 0.3) is 0 Å². The van der Waals surface area contributed by atoms with Crippen LogP contribution in [0.4, 0.5) is 4.39 Å². The molecule has 162 valence electrons. The number of nitrogens with one attached hydrogen (secondary N) is 1. The van der Waals surface area contributed by atoms with Gasteiger partial charge in [0.2, 0.25) is 0 Å². The molecule has 1 heterocycles. The monoisotopic (exact) mass is 420 g/mol. The first-order chi connectivity index (χ1) is 15.2. The van der Waals surface area contributed by atoms with Gasteiger partial charge in [-0.15, -0.1) is 0 Å². The second-order valence-corrected chi connectivity index (χ2v) is 7.65. The Morgan fingerprint density at radius 1 is 0.871 bits per heavy atom. The standard InChI is InChI=1S/C26H29FN2O2/c1-2-30-25-18-22(10-13-24(25)31-19-20-6-4-3-5-7-20)26(29-16-14-28-15-17-29)21-8-11-23(27)12-9-21/h3-13,18,26,28H,2,14-17,19H2,1H3. The predicted molar refractivity (Wildman–Crippen MR) is 121 cm³/mol. The highest BCUT2D eigenvalue weighted by Crippen LogP contribution is 2.36. The Hall–Kier alpha value is -2.89. The van der Waals surface area contributed by atoms with E-state index in [1.165, 1.54) is 12.1 Å². The molecule has 0 amide bonds. The third-order valence-electron chi connectivity index (χ3n) is 5.52. The third kappa shape index (κ3) is 5.43. The van der Waals surface area contributed by atoms with E-state index < -0.39 is 0 Å². The Labute approximate surface area is 183 Å². The van der Waals surface area contributed by atoms with Gasteiger partial charge in [0.1, 0.15) is 12.4 Å². The van der Waals surface area contributed by atoms with Crippen molar-refractivity contribution in [2.75, 3.05) is 32.8 Å². The molecule has 31 heavy (non-hydrogen) atoms. The minimum absolute atomic E-state index is 0.0325. The molecular formula is C26H29FN2O2. The van der Waals surface area contributed by atoms with Crippen molar-refractivity contribution in [3.8, 4) is 11.5 Å². The van der Waals surface area contributed by atoms with Crippen molar-refractivity contribution in [2.45, 2.75) is 19.6 Å². The Balaban J connectivity index is 1.64. The van der Waals surface area contributed by atoms with Crippen molar-refractivity contribution in [2.24, 2.45) is 0 Å². The van der Waals surface area contributed by atoms with Crippen LogP contribution < -0.4 is 14.8 Å². The van der Waals surface area contributed by atoms with E-state index in [0.717, 1.165) is 54.4 Å². The molecule has 1 fully saturated rings. The van der Waals surface area contributed by atoms with Crippen molar-refractivity contribution >= 4 is 0 Å². The predicted octanol–water partition coefficient (Wildman–Crippen LogP) is 4.80. The highest BCUT2D eigenvalue weighted by Gasteiger charge is 2.25. The number of piperazine rings is 1. The normalized spacial score (nSPS) is 15.4. The quantitative estimate of drug-likeness (QED) is 0.568. The topological polar surface area (TPSA) is 33.7 Å². The molecule has 0 spiro atoms. The summed E-state index contributed by atoms with van der Waals surface area (Å²) in [7, 11) is 0. The Kier molecular flexibility index (Phi) is 7.18. The molecule has 1 aliphatic heterocycles. The zero-order chi connectivity index (χ0) is 21.5. The second kappa shape index (κ2) is 10.4. The summed E-state index contributed by atoms with van der Waals surface area (Å²) in [6.45, 7) is 6.75. The molecule has 1 atom stereocenters. The van der Waals surface area contributed by atoms with Crippen LogP contribution in [-0.2, 0) is 6.61 Å². The minimum Gasteiger partial charge on any atom is -0.490 e. The molecular weight excluding hydrogens is 391 g/mol. The fourth-order valence-electron chi connectivity index (χ4n) is 4.02. The van der Waals surface area contributed by atoms with Crippen LogP contribution in [0, 0.1) is 5.82 Å². The van der Waals surface area contributed by atoms with Gasteiger partial charge >= 0.3 is 0 Å². The summed E-state index contributed by atoms with van der Waals surface area (Å²) < 4.78 is 25.6. The number of rotatable bonds is 8. The molecule has 4 rings (SSSR count). The van der Waals surface area contributed by atoms with E-state index in [0.29, 0.717) is 13.2 Å². The molecule has 1 saturated heterocycles. The molecule has 0 aliphatic carbocycles. The lowest BCUT2D eigenvalue weighted by Gasteiger charge is -2.35. The summed E-state index contributed by atoms with van der Waals surface area (Å²) in [4.78, 5) is 2.43. The fourth-order valence-corrected chi connectivity index (χ4v) is 4.02. The van der Waals surface area contributed by atoms with Gasteiger partial charge in [-0.25, -0.2) is 4.39 Å². The molecule has 0 saturated carbocycles. The van der Waals surface area contributed by atoms with Gasteiger partial charge in [0.25, 0.3) is 0 Å². The van der Waals surface area contributed by atoms with Crippen molar-refractivity contribution in [3.05, 3.63) is 95.3 Å². The summed E-state index contributed by atoms with van der Waals surface area (Å²) in [5.74, 6) is 1.24. The summed E-state index contributed by atoms with van der Waals surface area (Å²) in [5.41, 5.74) is 3.30. The molecule has 0 bridgehead atoms. The largest absolute Gasteiger partial charge is 0.490 e. The summed E-state index contributed by atoms with van der Waals surface area (Å²) in [6.07, 6.45) is 0. The van der Waals surface area contributed by atoms with Gasteiger partial charge in [-0.05, 0) is 47.9 Å². The maximum Gasteiger partial charge on any atom is 0.161 e. The maximum atomic E-state index is 13.6. The first-order valence-electron chi connectivity index (χ1n) is 10.9. The van der Waals surface area contributed by atoms with Crippen LogP contribution in [0.2, 0.25) is 0 Å². The van der Waals surface area contributed by atoms with Crippen LogP contribution in [0.1, 0.15) is 29.7 Å². The fraction of sp³-hybridized carbons (Fsp3) is 0.308. The molecule has 5 heteroatoms.